The molecule has 1 atom stereocenters. The normalized spacial score (nSPS) is 13.7. The number of rotatable bonds is 4. The molecule has 1 nitrogen and oxygen atoms in total. The summed E-state index contributed by atoms with van der Waals surface area (Å²) in [7, 11) is 0. The molecule has 0 aliphatic heterocycles. The first-order valence-electron chi connectivity index (χ1n) is 4.55. The lowest BCUT2D eigenvalue weighted by atomic mass is 10.1. The predicted octanol–water partition coefficient (Wildman–Crippen LogP) is 2.82. The van der Waals surface area contributed by atoms with Crippen LogP contribution in [-0.2, 0) is 0 Å². The molecule has 1 rings (SSSR count). The lowest BCUT2D eigenvalue weighted by Crippen LogP contribution is -2.27. The summed E-state index contributed by atoms with van der Waals surface area (Å²) in [5.74, 6) is -0.323. The van der Waals surface area contributed by atoms with Gasteiger partial charge in [-0.3, -0.25) is 0 Å². The van der Waals surface area contributed by atoms with Crippen molar-refractivity contribution < 1.29 is 13.2 Å². The van der Waals surface area contributed by atoms with Crippen LogP contribution in [0.1, 0.15) is 12.0 Å². The largest absolute Gasteiger partial charge is 0.323 e. The third-order valence-corrected chi connectivity index (χ3v) is 1.91. The number of halogens is 3. The van der Waals surface area contributed by atoms with E-state index in [1.165, 1.54) is 12.1 Å². The van der Waals surface area contributed by atoms with Gasteiger partial charge in [-0.15, -0.1) is 0 Å². The molecule has 0 heterocycles. The van der Waals surface area contributed by atoms with Gasteiger partial charge < -0.3 is 5.73 Å². The van der Waals surface area contributed by atoms with Gasteiger partial charge in [0, 0.05) is 0 Å². The molecule has 82 valence electrons. The third-order valence-electron chi connectivity index (χ3n) is 1.91. The van der Waals surface area contributed by atoms with Crippen LogP contribution >= 0.6 is 0 Å². The van der Waals surface area contributed by atoms with Crippen molar-refractivity contribution in [2.24, 2.45) is 5.73 Å². The first-order chi connectivity index (χ1) is 7.09. The zero-order chi connectivity index (χ0) is 11.3. The van der Waals surface area contributed by atoms with Gasteiger partial charge in [0.25, 0.3) is 6.43 Å². The topological polar surface area (TPSA) is 26.0 Å². The molecule has 0 aromatic heterocycles. The van der Waals surface area contributed by atoms with Gasteiger partial charge in [0.05, 0.1) is 6.04 Å². The Kier molecular flexibility index (Phi) is 4.37. The second kappa shape index (κ2) is 5.56. The van der Waals surface area contributed by atoms with Gasteiger partial charge in [-0.25, -0.2) is 13.2 Å². The van der Waals surface area contributed by atoms with E-state index in [0.717, 1.165) is 5.56 Å². The van der Waals surface area contributed by atoms with Crippen LogP contribution in [0, 0.1) is 5.82 Å². The molecule has 4 heteroatoms. The molecule has 0 amide bonds. The van der Waals surface area contributed by atoms with E-state index in [-0.39, 0.29) is 12.2 Å². The van der Waals surface area contributed by atoms with Gasteiger partial charge in [0.1, 0.15) is 5.82 Å². The highest BCUT2D eigenvalue weighted by Crippen LogP contribution is 2.07. The fourth-order valence-electron chi connectivity index (χ4n) is 1.04. The number of hydrogen-bond acceptors (Lipinski definition) is 1. The molecule has 0 fully saturated rings. The third kappa shape index (κ3) is 4.16. The molecule has 0 saturated carbocycles. The highest BCUT2D eigenvalue weighted by Gasteiger charge is 2.12. The summed E-state index contributed by atoms with van der Waals surface area (Å²) >= 11 is 0. The van der Waals surface area contributed by atoms with Crippen LogP contribution in [0.15, 0.2) is 30.3 Å². The van der Waals surface area contributed by atoms with Gasteiger partial charge in [-0.05, 0) is 24.1 Å². The SMILES string of the molecule is NC(C/C=C/c1ccc(F)cc1)C(F)F. The molecule has 0 spiro atoms. The van der Waals surface area contributed by atoms with Gasteiger partial charge in [-0.1, -0.05) is 24.3 Å². The summed E-state index contributed by atoms with van der Waals surface area (Å²) in [6, 6.07) is 4.63. The average molecular weight is 215 g/mol. The highest BCUT2D eigenvalue weighted by atomic mass is 19.3. The van der Waals surface area contributed by atoms with Crippen LogP contribution in [0.5, 0.6) is 0 Å². The minimum atomic E-state index is -2.51. The van der Waals surface area contributed by atoms with E-state index in [0.29, 0.717) is 0 Å². The quantitative estimate of drug-likeness (QED) is 0.821. The summed E-state index contributed by atoms with van der Waals surface area (Å²) in [6.45, 7) is 0. The summed E-state index contributed by atoms with van der Waals surface area (Å²) in [5.41, 5.74) is 5.91. The van der Waals surface area contributed by atoms with Crippen molar-refractivity contribution in [1.29, 1.82) is 0 Å². The Hall–Kier alpha value is -1.29. The smallest absolute Gasteiger partial charge is 0.253 e. The molecule has 15 heavy (non-hydrogen) atoms. The number of nitrogens with two attached hydrogens (primary N) is 1. The van der Waals surface area contributed by atoms with Crippen molar-refractivity contribution in [2.45, 2.75) is 18.9 Å². The maximum atomic E-state index is 12.5. The lowest BCUT2D eigenvalue weighted by Gasteiger charge is -2.05. The Labute approximate surface area is 86.4 Å². The fraction of sp³-hybridized carbons (Fsp3) is 0.273. The van der Waals surface area contributed by atoms with Crippen LogP contribution in [0.25, 0.3) is 6.08 Å². The van der Waals surface area contributed by atoms with Crippen LogP contribution < -0.4 is 5.73 Å². The first kappa shape index (κ1) is 11.8. The zero-order valence-corrected chi connectivity index (χ0v) is 8.04. The Morgan fingerprint density at radius 1 is 1.20 bits per heavy atom. The Morgan fingerprint density at radius 2 is 1.80 bits per heavy atom. The second-order valence-electron chi connectivity index (χ2n) is 3.19. The molecular weight excluding hydrogens is 203 g/mol. The summed E-state index contributed by atoms with van der Waals surface area (Å²) in [6.07, 6.45) is 0.795. The van der Waals surface area contributed by atoms with E-state index in [4.69, 9.17) is 5.73 Å². The number of benzene rings is 1. The second-order valence-corrected chi connectivity index (χ2v) is 3.19. The molecule has 0 aliphatic carbocycles. The highest BCUT2D eigenvalue weighted by molar-refractivity contribution is 5.48. The van der Waals surface area contributed by atoms with E-state index >= 15 is 0 Å². The molecular formula is C11H12F3N. The maximum absolute atomic E-state index is 12.5. The Morgan fingerprint density at radius 3 is 2.33 bits per heavy atom. The van der Waals surface area contributed by atoms with Crippen LogP contribution in [-0.4, -0.2) is 12.5 Å². The van der Waals surface area contributed by atoms with Gasteiger partial charge in [-0.2, -0.15) is 0 Å². The summed E-state index contributed by atoms with van der Waals surface area (Å²) in [5, 5.41) is 0. The van der Waals surface area contributed by atoms with E-state index in [1.807, 2.05) is 0 Å². The van der Waals surface area contributed by atoms with E-state index in [9.17, 15) is 13.2 Å². The number of alkyl halides is 2. The van der Waals surface area contributed by atoms with Crippen molar-refractivity contribution in [2.75, 3.05) is 0 Å². The van der Waals surface area contributed by atoms with E-state index in [1.54, 1.807) is 24.3 Å². The minimum Gasteiger partial charge on any atom is -0.323 e. The van der Waals surface area contributed by atoms with Gasteiger partial charge in [0.2, 0.25) is 0 Å². The van der Waals surface area contributed by atoms with Crippen molar-refractivity contribution in [3.8, 4) is 0 Å². The minimum absolute atomic E-state index is 0.106. The summed E-state index contributed by atoms with van der Waals surface area (Å²) in [4.78, 5) is 0. The van der Waals surface area contributed by atoms with Crippen LogP contribution in [0.2, 0.25) is 0 Å². The van der Waals surface area contributed by atoms with Gasteiger partial charge >= 0.3 is 0 Å². The zero-order valence-electron chi connectivity index (χ0n) is 8.04. The van der Waals surface area contributed by atoms with Crippen molar-refractivity contribution >= 4 is 6.08 Å². The van der Waals surface area contributed by atoms with Gasteiger partial charge in [0.15, 0.2) is 0 Å². The van der Waals surface area contributed by atoms with Crippen LogP contribution in [0.3, 0.4) is 0 Å². The standard InChI is InChI=1S/C11H12F3N/c12-9-6-4-8(5-7-9)2-1-3-10(15)11(13)14/h1-2,4-7,10-11H,3,15H2/b2-1+. The average Bonchev–Trinajstić information content (AvgIpc) is 2.20. The van der Waals surface area contributed by atoms with E-state index < -0.39 is 12.5 Å². The Balaban J connectivity index is 2.48. The molecule has 1 aromatic carbocycles. The molecule has 1 unspecified atom stereocenters. The first-order valence-corrected chi connectivity index (χ1v) is 4.55. The maximum Gasteiger partial charge on any atom is 0.253 e. The molecule has 0 radical (unpaired) electrons. The van der Waals surface area contributed by atoms with E-state index in [2.05, 4.69) is 0 Å². The molecule has 0 bridgehead atoms. The van der Waals surface area contributed by atoms with Crippen molar-refractivity contribution in [3.63, 3.8) is 0 Å². The molecule has 1 aromatic rings. The summed E-state index contributed by atoms with van der Waals surface area (Å²) < 4.78 is 36.5. The molecule has 2 N–H and O–H groups in total. The van der Waals surface area contributed by atoms with Crippen molar-refractivity contribution in [3.05, 3.63) is 41.7 Å². The van der Waals surface area contributed by atoms with Crippen LogP contribution in [0.4, 0.5) is 13.2 Å². The fourth-order valence-corrected chi connectivity index (χ4v) is 1.04. The molecule has 0 aliphatic rings. The lowest BCUT2D eigenvalue weighted by molar-refractivity contribution is 0.117. The van der Waals surface area contributed by atoms with Crippen molar-refractivity contribution in [1.82, 2.24) is 0 Å². The molecule has 0 saturated heterocycles. The predicted molar refractivity (Wildman–Crippen MR) is 54.0 cm³/mol. The Bertz CT molecular complexity index is 319. The number of hydrogen-bond donors (Lipinski definition) is 1. The monoisotopic (exact) mass is 215 g/mol.